The fraction of sp³-hybridized carbons (Fsp3) is 0.375. The molecule has 23 heavy (non-hydrogen) atoms. The predicted octanol–water partition coefficient (Wildman–Crippen LogP) is 1.82. The highest BCUT2D eigenvalue weighted by Crippen LogP contribution is 2.08. The third kappa shape index (κ3) is 6.18. The van der Waals surface area contributed by atoms with E-state index in [2.05, 4.69) is 15.6 Å². The molecule has 122 valence electrons. The maximum Gasteiger partial charge on any atom is 0.326 e. The van der Waals surface area contributed by atoms with E-state index in [1.54, 1.807) is 24.4 Å². The molecule has 1 atom stereocenters. The maximum absolute atomic E-state index is 12.0. The normalized spacial score (nSPS) is 12.4. The van der Waals surface area contributed by atoms with Crippen LogP contribution in [0.3, 0.4) is 0 Å². The molecule has 1 aromatic rings. The molecule has 0 aliphatic heterocycles. The standard InChI is InChI=1S/C16H20N4O3/c1-10(2)6-14(16(22)23)20-15(21)12(7-17)8-19-13-5-4-11(3)18-9-13/h4-5,8-10,14,19H,6H2,1-3H3,(H,20,21)(H,22,23)/b12-8-. The molecule has 7 heteroatoms. The molecule has 1 heterocycles. The molecular weight excluding hydrogens is 296 g/mol. The average Bonchev–Trinajstić information content (AvgIpc) is 2.48. The first kappa shape index (κ1) is 18.2. The van der Waals surface area contributed by atoms with E-state index < -0.39 is 17.9 Å². The Kier molecular flexibility index (Phi) is 6.74. The van der Waals surface area contributed by atoms with Crippen LogP contribution in [-0.2, 0) is 9.59 Å². The summed E-state index contributed by atoms with van der Waals surface area (Å²) >= 11 is 0. The zero-order chi connectivity index (χ0) is 17.4. The molecule has 0 aliphatic carbocycles. The Morgan fingerprint density at radius 2 is 2.13 bits per heavy atom. The minimum Gasteiger partial charge on any atom is -0.480 e. The van der Waals surface area contributed by atoms with Gasteiger partial charge in [-0.25, -0.2) is 4.79 Å². The zero-order valence-electron chi connectivity index (χ0n) is 13.3. The minimum absolute atomic E-state index is 0.0997. The van der Waals surface area contributed by atoms with Gasteiger partial charge in [-0.15, -0.1) is 0 Å². The van der Waals surface area contributed by atoms with Gasteiger partial charge in [-0.05, 0) is 31.4 Å². The SMILES string of the molecule is Cc1ccc(N/C=C(/C#N)C(=O)NC(CC(C)C)C(=O)O)cn1. The third-order valence-electron chi connectivity index (χ3n) is 2.97. The predicted molar refractivity (Wildman–Crippen MR) is 85.3 cm³/mol. The van der Waals surface area contributed by atoms with Gasteiger partial charge in [-0.3, -0.25) is 9.78 Å². The van der Waals surface area contributed by atoms with Crippen molar-refractivity contribution in [2.24, 2.45) is 5.92 Å². The second-order valence-corrected chi connectivity index (χ2v) is 5.50. The fourth-order valence-electron chi connectivity index (χ4n) is 1.79. The number of aromatic nitrogens is 1. The Bertz CT molecular complexity index is 630. The van der Waals surface area contributed by atoms with Crippen LogP contribution < -0.4 is 10.6 Å². The first-order valence-electron chi connectivity index (χ1n) is 7.16. The Hall–Kier alpha value is -2.88. The molecule has 0 saturated carbocycles. The van der Waals surface area contributed by atoms with E-state index in [1.807, 2.05) is 20.8 Å². The van der Waals surface area contributed by atoms with Crippen LogP contribution >= 0.6 is 0 Å². The van der Waals surface area contributed by atoms with E-state index in [9.17, 15) is 9.59 Å². The van der Waals surface area contributed by atoms with Gasteiger partial charge in [0.1, 0.15) is 17.7 Å². The molecule has 0 bridgehead atoms. The molecule has 1 amide bonds. The van der Waals surface area contributed by atoms with Crippen molar-refractivity contribution < 1.29 is 14.7 Å². The van der Waals surface area contributed by atoms with Crippen LogP contribution in [0, 0.1) is 24.2 Å². The lowest BCUT2D eigenvalue weighted by Crippen LogP contribution is -2.42. The van der Waals surface area contributed by atoms with Crippen molar-refractivity contribution in [1.82, 2.24) is 10.3 Å². The van der Waals surface area contributed by atoms with Crippen LogP contribution in [0.4, 0.5) is 5.69 Å². The number of anilines is 1. The topological polar surface area (TPSA) is 115 Å². The Morgan fingerprint density at radius 3 is 2.61 bits per heavy atom. The quantitative estimate of drug-likeness (QED) is 0.522. The largest absolute Gasteiger partial charge is 0.480 e. The second kappa shape index (κ2) is 8.54. The number of amides is 1. The van der Waals surface area contributed by atoms with Crippen molar-refractivity contribution >= 4 is 17.6 Å². The molecule has 0 saturated heterocycles. The number of carbonyl (C=O) groups excluding carboxylic acids is 1. The van der Waals surface area contributed by atoms with Crippen LogP contribution in [-0.4, -0.2) is 28.0 Å². The van der Waals surface area contributed by atoms with Gasteiger partial charge in [-0.2, -0.15) is 5.26 Å². The number of carboxylic acids is 1. The molecule has 0 spiro atoms. The number of nitrogens with zero attached hydrogens (tertiary/aromatic N) is 2. The molecule has 0 aliphatic rings. The lowest BCUT2D eigenvalue weighted by molar-refractivity contribution is -0.141. The molecule has 0 aromatic carbocycles. The molecule has 1 aromatic heterocycles. The lowest BCUT2D eigenvalue weighted by Gasteiger charge is -2.16. The molecular formula is C16H20N4O3. The van der Waals surface area contributed by atoms with Crippen molar-refractivity contribution in [2.45, 2.75) is 33.2 Å². The van der Waals surface area contributed by atoms with Crippen molar-refractivity contribution in [1.29, 1.82) is 5.26 Å². The summed E-state index contributed by atoms with van der Waals surface area (Å²) in [5.41, 5.74) is 1.25. The number of nitrogens with one attached hydrogen (secondary N) is 2. The number of carboxylic acid groups (broad SMARTS) is 1. The van der Waals surface area contributed by atoms with Gasteiger partial charge in [0.05, 0.1) is 11.9 Å². The Morgan fingerprint density at radius 1 is 1.43 bits per heavy atom. The van der Waals surface area contributed by atoms with Crippen molar-refractivity contribution in [3.8, 4) is 6.07 Å². The van der Waals surface area contributed by atoms with Gasteiger partial charge in [0.2, 0.25) is 0 Å². The summed E-state index contributed by atoms with van der Waals surface area (Å²) in [4.78, 5) is 27.3. The van der Waals surface area contributed by atoms with Crippen LogP contribution in [0.2, 0.25) is 0 Å². The summed E-state index contributed by atoms with van der Waals surface area (Å²) in [6, 6.07) is 4.26. The summed E-state index contributed by atoms with van der Waals surface area (Å²) in [7, 11) is 0. The van der Waals surface area contributed by atoms with Gasteiger partial charge < -0.3 is 15.7 Å². The van der Waals surface area contributed by atoms with E-state index in [0.717, 1.165) is 5.69 Å². The van der Waals surface area contributed by atoms with Crippen LogP contribution in [0.25, 0.3) is 0 Å². The summed E-state index contributed by atoms with van der Waals surface area (Å²) in [6.45, 7) is 5.55. The highest BCUT2D eigenvalue weighted by Gasteiger charge is 2.22. The van der Waals surface area contributed by atoms with Gasteiger partial charge in [0.15, 0.2) is 0 Å². The molecule has 7 nitrogen and oxygen atoms in total. The summed E-state index contributed by atoms with van der Waals surface area (Å²) in [6.07, 6.45) is 3.09. The average molecular weight is 316 g/mol. The van der Waals surface area contributed by atoms with Crippen LogP contribution in [0.1, 0.15) is 26.0 Å². The first-order chi connectivity index (χ1) is 10.8. The van der Waals surface area contributed by atoms with E-state index in [-0.39, 0.29) is 17.9 Å². The van der Waals surface area contributed by atoms with Crippen molar-refractivity contribution in [3.63, 3.8) is 0 Å². The minimum atomic E-state index is -1.12. The first-order valence-corrected chi connectivity index (χ1v) is 7.16. The highest BCUT2D eigenvalue weighted by atomic mass is 16.4. The number of rotatable bonds is 7. The van der Waals surface area contributed by atoms with Crippen molar-refractivity contribution in [3.05, 3.63) is 35.8 Å². The van der Waals surface area contributed by atoms with Crippen LogP contribution in [0.5, 0.6) is 0 Å². The molecule has 0 radical (unpaired) electrons. The summed E-state index contributed by atoms with van der Waals surface area (Å²) < 4.78 is 0. The second-order valence-electron chi connectivity index (χ2n) is 5.50. The number of aliphatic carboxylic acids is 1. The van der Waals surface area contributed by atoms with E-state index in [4.69, 9.17) is 10.4 Å². The van der Waals surface area contributed by atoms with Gasteiger partial charge in [0.25, 0.3) is 5.91 Å². The molecule has 3 N–H and O–H groups in total. The molecule has 1 unspecified atom stereocenters. The number of hydrogen-bond donors (Lipinski definition) is 3. The Balaban J connectivity index is 2.77. The molecule has 0 fully saturated rings. The maximum atomic E-state index is 12.0. The number of nitriles is 1. The lowest BCUT2D eigenvalue weighted by atomic mass is 10.0. The summed E-state index contributed by atoms with van der Waals surface area (Å²) in [5, 5.41) is 23.3. The monoisotopic (exact) mass is 316 g/mol. The smallest absolute Gasteiger partial charge is 0.326 e. The van der Waals surface area contributed by atoms with Crippen LogP contribution in [0.15, 0.2) is 30.1 Å². The zero-order valence-corrected chi connectivity index (χ0v) is 13.3. The van der Waals surface area contributed by atoms with E-state index in [1.165, 1.54) is 6.20 Å². The van der Waals surface area contributed by atoms with E-state index in [0.29, 0.717) is 5.69 Å². The van der Waals surface area contributed by atoms with Gasteiger partial charge in [-0.1, -0.05) is 13.8 Å². The summed E-state index contributed by atoms with van der Waals surface area (Å²) in [5.74, 6) is -1.75. The Labute approximate surface area is 135 Å². The number of hydrogen-bond acceptors (Lipinski definition) is 5. The number of aryl methyl sites for hydroxylation is 1. The number of carbonyl (C=O) groups is 2. The number of pyridine rings is 1. The third-order valence-corrected chi connectivity index (χ3v) is 2.97. The van der Waals surface area contributed by atoms with Crippen molar-refractivity contribution in [2.75, 3.05) is 5.32 Å². The molecule has 1 rings (SSSR count). The fourth-order valence-corrected chi connectivity index (χ4v) is 1.79. The highest BCUT2D eigenvalue weighted by molar-refractivity contribution is 5.99. The van der Waals surface area contributed by atoms with Gasteiger partial charge >= 0.3 is 5.97 Å². The van der Waals surface area contributed by atoms with E-state index >= 15 is 0 Å². The van der Waals surface area contributed by atoms with Gasteiger partial charge in [0, 0.05) is 11.9 Å².